The highest BCUT2D eigenvalue weighted by atomic mass is 15.3. The topological polar surface area (TPSA) is 64.8 Å². The fourth-order valence-corrected chi connectivity index (χ4v) is 2.03. The van der Waals surface area contributed by atoms with Crippen molar-refractivity contribution in [2.24, 2.45) is 0 Å². The molecule has 2 atom stereocenters. The first-order valence-electron chi connectivity index (χ1n) is 5.42. The highest BCUT2D eigenvalue weighted by Gasteiger charge is 2.22. The lowest BCUT2D eigenvalue weighted by molar-refractivity contribution is 0.403. The van der Waals surface area contributed by atoms with Gasteiger partial charge < -0.3 is 10.2 Å². The van der Waals surface area contributed by atoms with Gasteiger partial charge in [0.25, 0.3) is 0 Å². The van der Waals surface area contributed by atoms with Crippen LogP contribution in [0.3, 0.4) is 0 Å². The second kappa shape index (κ2) is 4.45. The second-order valence-electron chi connectivity index (χ2n) is 4.26. The van der Waals surface area contributed by atoms with Crippen molar-refractivity contribution in [2.45, 2.75) is 25.9 Å². The van der Waals surface area contributed by atoms with Crippen LogP contribution in [0.5, 0.6) is 0 Å². The van der Waals surface area contributed by atoms with Crippen molar-refractivity contribution in [1.82, 2.24) is 15.3 Å². The van der Waals surface area contributed by atoms with Gasteiger partial charge in [-0.15, -0.1) is 0 Å². The Morgan fingerprint density at radius 1 is 1.31 bits per heavy atom. The van der Waals surface area contributed by atoms with Crippen molar-refractivity contribution in [3.05, 3.63) is 18.0 Å². The van der Waals surface area contributed by atoms with Gasteiger partial charge in [-0.05, 0) is 13.8 Å². The standard InChI is InChI=1S/C11H15N5/c1-8-6-16(7-9(2)15-8)11-13-4-10(3-12)5-14-11/h4-5,8-9,15H,6-7H2,1-2H3/t8-,9?/m1/s1. The zero-order valence-corrected chi connectivity index (χ0v) is 9.51. The molecule has 5 heteroatoms. The Bertz CT molecular complexity index is 384. The van der Waals surface area contributed by atoms with E-state index in [2.05, 4.69) is 34.0 Å². The molecule has 0 radical (unpaired) electrons. The molecule has 1 unspecified atom stereocenters. The lowest BCUT2D eigenvalue weighted by Crippen LogP contribution is -2.54. The first kappa shape index (κ1) is 10.8. The van der Waals surface area contributed by atoms with E-state index in [-0.39, 0.29) is 0 Å². The number of rotatable bonds is 1. The van der Waals surface area contributed by atoms with E-state index in [9.17, 15) is 0 Å². The van der Waals surface area contributed by atoms with E-state index in [1.165, 1.54) is 0 Å². The molecule has 1 fully saturated rings. The van der Waals surface area contributed by atoms with Gasteiger partial charge in [-0.2, -0.15) is 5.26 Å². The zero-order valence-electron chi connectivity index (χ0n) is 9.51. The van der Waals surface area contributed by atoms with Gasteiger partial charge in [-0.1, -0.05) is 0 Å². The normalized spacial score (nSPS) is 25.2. The Morgan fingerprint density at radius 3 is 2.38 bits per heavy atom. The summed E-state index contributed by atoms with van der Waals surface area (Å²) in [6.07, 6.45) is 3.14. The lowest BCUT2D eigenvalue weighted by atomic mass is 10.1. The quantitative estimate of drug-likeness (QED) is 0.743. The number of nitriles is 1. The second-order valence-corrected chi connectivity index (χ2v) is 4.26. The zero-order chi connectivity index (χ0) is 11.5. The summed E-state index contributed by atoms with van der Waals surface area (Å²) >= 11 is 0. The van der Waals surface area contributed by atoms with Crippen LogP contribution in [-0.4, -0.2) is 35.1 Å². The third kappa shape index (κ3) is 2.28. The third-order valence-corrected chi connectivity index (χ3v) is 2.61. The Balaban J connectivity index is 2.14. The summed E-state index contributed by atoms with van der Waals surface area (Å²) in [5.41, 5.74) is 0.500. The fourth-order valence-electron chi connectivity index (χ4n) is 2.03. The van der Waals surface area contributed by atoms with Crippen LogP contribution in [0.15, 0.2) is 12.4 Å². The van der Waals surface area contributed by atoms with Crippen LogP contribution in [0, 0.1) is 11.3 Å². The average molecular weight is 217 g/mol. The van der Waals surface area contributed by atoms with Crippen molar-refractivity contribution in [3.8, 4) is 6.07 Å². The monoisotopic (exact) mass is 217 g/mol. The van der Waals surface area contributed by atoms with Gasteiger partial charge in [0.05, 0.1) is 18.0 Å². The fraction of sp³-hybridized carbons (Fsp3) is 0.545. The minimum atomic E-state index is 0.433. The predicted molar refractivity (Wildman–Crippen MR) is 61.0 cm³/mol. The molecule has 1 aliphatic rings. The molecule has 16 heavy (non-hydrogen) atoms. The van der Waals surface area contributed by atoms with Gasteiger partial charge in [-0.25, -0.2) is 9.97 Å². The number of nitrogens with one attached hydrogen (secondary N) is 1. The molecule has 0 aliphatic carbocycles. The van der Waals surface area contributed by atoms with E-state index >= 15 is 0 Å². The molecule has 5 nitrogen and oxygen atoms in total. The molecule has 1 aliphatic heterocycles. The van der Waals surface area contributed by atoms with E-state index in [1.54, 1.807) is 12.4 Å². The molecule has 0 amide bonds. The van der Waals surface area contributed by atoms with E-state index in [1.807, 2.05) is 6.07 Å². The molecule has 0 aromatic carbocycles. The van der Waals surface area contributed by atoms with Crippen LogP contribution in [0.4, 0.5) is 5.95 Å². The Morgan fingerprint density at radius 2 is 1.88 bits per heavy atom. The maximum absolute atomic E-state index is 8.67. The number of aromatic nitrogens is 2. The minimum absolute atomic E-state index is 0.433. The largest absolute Gasteiger partial charge is 0.338 e. The number of piperazine rings is 1. The van der Waals surface area contributed by atoms with Crippen molar-refractivity contribution in [1.29, 1.82) is 5.26 Å². The lowest BCUT2D eigenvalue weighted by Gasteiger charge is -2.36. The minimum Gasteiger partial charge on any atom is -0.338 e. The van der Waals surface area contributed by atoms with Crippen LogP contribution in [-0.2, 0) is 0 Å². The summed E-state index contributed by atoms with van der Waals surface area (Å²) in [6.45, 7) is 6.09. The summed E-state index contributed by atoms with van der Waals surface area (Å²) in [5, 5.41) is 12.1. The number of anilines is 1. The molecule has 1 N–H and O–H groups in total. The maximum atomic E-state index is 8.67. The van der Waals surface area contributed by atoms with Gasteiger partial charge in [0.15, 0.2) is 0 Å². The van der Waals surface area contributed by atoms with Crippen LogP contribution < -0.4 is 10.2 Å². The van der Waals surface area contributed by atoms with E-state index < -0.39 is 0 Å². The summed E-state index contributed by atoms with van der Waals surface area (Å²) < 4.78 is 0. The highest BCUT2D eigenvalue weighted by Crippen LogP contribution is 2.12. The molecule has 1 aromatic rings. The SMILES string of the molecule is CC1CN(c2ncc(C#N)cn2)C[C@@H](C)N1. The maximum Gasteiger partial charge on any atom is 0.225 e. The van der Waals surface area contributed by atoms with Gasteiger partial charge >= 0.3 is 0 Å². The summed E-state index contributed by atoms with van der Waals surface area (Å²) in [6, 6.07) is 2.89. The molecule has 0 spiro atoms. The molecule has 0 bridgehead atoms. The van der Waals surface area contributed by atoms with Crippen molar-refractivity contribution in [3.63, 3.8) is 0 Å². The van der Waals surface area contributed by atoms with Gasteiger partial charge in [0.1, 0.15) is 6.07 Å². The van der Waals surface area contributed by atoms with Crippen molar-refractivity contribution >= 4 is 5.95 Å². The van der Waals surface area contributed by atoms with E-state index in [4.69, 9.17) is 5.26 Å². The Labute approximate surface area is 95.1 Å². The van der Waals surface area contributed by atoms with E-state index in [0.717, 1.165) is 13.1 Å². The predicted octanol–water partition coefficient (Wildman–Crippen LogP) is 0.535. The highest BCUT2D eigenvalue weighted by molar-refractivity contribution is 5.34. The van der Waals surface area contributed by atoms with Gasteiger partial charge in [0.2, 0.25) is 5.95 Å². The third-order valence-electron chi connectivity index (χ3n) is 2.61. The van der Waals surface area contributed by atoms with Crippen molar-refractivity contribution in [2.75, 3.05) is 18.0 Å². The first-order valence-corrected chi connectivity index (χ1v) is 5.42. The molecular formula is C11H15N5. The summed E-state index contributed by atoms with van der Waals surface area (Å²) in [5.74, 6) is 0.708. The van der Waals surface area contributed by atoms with Gasteiger partial charge in [-0.3, -0.25) is 0 Å². The van der Waals surface area contributed by atoms with Crippen LogP contribution in [0.2, 0.25) is 0 Å². The Hall–Kier alpha value is -1.67. The average Bonchev–Trinajstić information content (AvgIpc) is 2.28. The number of nitrogens with zero attached hydrogens (tertiary/aromatic N) is 4. The molecule has 2 heterocycles. The van der Waals surface area contributed by atoms with Crippen molar-refractivity contribution < 1.29 is 0 Å². The molecule has 1 saturated heterocycles. The molecule has 84 valence electrons. The molecule has 1 aromatic heterocycles. The number of hydrogen-bond donors (Lipinski definition) is 1. The molecule has 0 saturated carbocycles. The first-order chi connectivity index (χ1) is 7.69. The summed E-state index contributed by atoms with van der Waals surface area (Å²) in [7, 11) is 0. The summed E-state index contributed by atoms with van der Waals surface area (Å²) in [4.78, 5) is 10.6. The molecular weight excluding hydrogens is 202 g/mol. The molecule has 2 rings (SSSR count). The van der Waals surface area contributed by atoms with Crippen LogP contribution in [0.1, 0.15) is 19.4 Å². The Kier molecular flexibility index (Phi) is 3.02. The number of hydrogen-bond acceptors (Lipinski definition) is 5. The van der Waals surface area contributed by atoms with Crippen LogP contribution in [0.25, 0.3) is 0 Å². The van der Waals surface area contributed by atoms with Gasteiger partial charge in [0, 0.05) is 25.2 Å². The van der Waals surface area contributed by atoms with E-state index in [0.29, 0.717) is 23.6 Å². The van der Waals surface area contributed by atoms with Crippen LogP contribution >= 0.6 is 0 Å². The smallest absolute Gasteiger partial charge is 0.225 e.